The summed E-state index contributed by atoms with van der Waals surface area (Å²) in [6, 6.07) is 1.86. The number of hydrogen-bond donors (Lipinski definition) is 0. The predicted molar refractivity (Wildman–Crippen MR) is 76.9 cm³/mol. The minimum Gasteiger partial charge on any atom is -0.465 e. The highest BCUT2D eigenvalue weighted by Crippen LogP contribution is 2.34. The van der Waals surface area contributed by atoms with Crippen molar-refractivity contribution in [2.45, 2.75) is 31.6 Å². The van der Waals surface area contributed by atoms with Crippen molar-refractivity contribution in [1.82, 2.24) is 9.88 Å². The molecule has 2 fully saturated rings. The van der Waals surface area contributed by atoms with Gasteiger partial charge in [0.2, 0.25) is 5.91 Å². The Morgan fingerprint density at radius 1 is 1.19 bits per heavy atom. The first-order valence-corrected chi connectivity index (χ1v) is 7.51. The summed E-state index contributed by atoms with van der Waals surface area (Å²) in [4.78, 5) is 29.7. The van der Waals surface area contributed by atoms with Crippen LogP contribution in [-0.2, 0) is 9.53 Å². The molecule has 2 heterocycles. The Morgan fingerprint density at radius 2 is 1.90 bits per heavy atom. The molecule has 0 unspecified atom stereocenters. The largest absolute Gasteiger partial charge is 0.465 e. The third-order valence-electron chi connectivity index (χ3n) is 4.39. The quantitative estimate of drug-likeness (QED) is 0.798. The highest BCUT2D eigenvalue weighted by Gasteiger charge is 2.35. The van der Waals surface area contributed by atoms with Crippen LogP contribution in [0.15, 0.2) is 18.5 Å². The van der Waals surface area contributed by atoms with Gasteiger partial charge in [-0.05, 0) is 43.2 Å². The van der Waals surface area contributed by atoms with Gasteiger partial charge in [-0.25, -0.2) is 4.79 Å². The van der Waals surface area contributed by atoms with Crippen molar-refractivity contribution < 1.29 is 14.3 Å². The summed E-state index contributed by atoms with van der Waals surface area (Å²) in [5.41, 5.74) is 1.56. The van der Waals surface area contributed by atoms with Crippen LogP contribution in [0.5, 0.6) is 0 Å². The molecule has 2 aliphatic rings. The van der Waals surface area contributed by atoms with E-state index in [1.807, 2.05) is 17.2 Å². The minimum atomic E-state index is -0.356. The van der Waals surface area contributed by atoms with Crippen LogP contribution < -0.4 is 0 Å². The van der Waals surface area contributed by atoms with Crippen LogP contribution in [0.3, 0.4) is 0 Å². The number of rotatable bonds is 3. The van der Waals surface area contributed by atoms with Crippen molar-refractivity contribution in [2.24, 2.45) is 5.92 Å². The molecule has 0 atom stereocenters. The summed E-state index contributed by atoms with van der Waals surface area (Å²) in [5.74, 6) is 0.636. The Balaban J connectivity index is 1.63. The Bertz CT molecular complexity index is 546. The third kappa shape index (κ3) is 3.06. The van der Waals surface area contributed by atoms with Gasteiger partial charge in [0.1, 0.15) is 0 Å². The van der Waals surface area contributed by atoms with E-state index in [2.05, 4.69) is 4.98 Å². The van der Waals surface area contributed by atoms with E-state index in [1.165, 1.54) is 13.3 Å². The van der Waals surface area contributed by atoms with Crippen molar-refractivity contribution in [1.29, 1.82) is 0 Å². The molecule has 21 heavy (non-hydrogen) atoms. The lowest BCUT2D eigenvalue weighted by molar-refractivity contribution is -0.133. The second kappa shape index (κ2) is 5.84. The maximum Gasteiger partial charge on any atom is 0.339 e. The number of aromatic nitrogens is 1. The molecule has 1 amide bonds. The maximum absolute atomic E-state index is 12.0. The fourth-order valence-electron chi connectivity index (χ4n) is 2.93. The lowest BCUT2D eigenvalue weighted by atomic mass is 9.89. The zero-order valence-electron chi connectivity index (χ0n) is 12.2. The number of carbonyl (C=O) groups is 2. The smallest absolute Gasteiger partial charge is 0.339 e. The highest BCUT2D eigenvalue weighted by molar-refractivity contribution is 5.89. The van der Waals surface area contributed by atoms with Gasteiger partial charge in [0, 0.05) is 31.4 Å². The summed E-state index contributed by atoms with van der Waals surface area (Å²) in [6.07, 6.45) is 7.33. The number of nitrogens with zero attached hydrogens (tertiary/aromatic N) is 2. The van der Waals surface area contributed by atoms with Crippen molar-refractivity contribution >= 4 is 11.9 Å². The van der Waals surface area contributed by atoms with Crippen LogP contribution in [0.4, 0.5) is 0 Å². The molecular weight excluding hydrogens is 268 g/mol. The van der Waals surface area contributed by atoms with Crippen LogP contribution in [-0.4, -0.2) is 42.0 Å². The Hall–Kier alpha value is -1.91. The van der Waals surface area contributed by atoms with Gasteiger partial charge in [0.25, 0.3) is 0 Å². The summed E-state index contributed by atoms with van der Waals surface area (Å²) in [5, 5.41) is 0. The van der Waals surface area contributed by atoms with Gasteiger partial charge in [-0.2, -0.15) is 0 Å². The first kappa shape index (κ1) is 14.0. The van der Waals surface area contributed by atoms with Crippen LogP contribution >= 0.6 is 0 Å². The summed E-state index contributed by atoms with van der Waals surface area (Å²) in [7, 11) is 1.37. The molecule has 1 aromatic heterocycles. The number of ether oxygens (including phenoxy) is 1. The molecule has 5 heteroatoms. The zero-order valence-corrected chi connectivity index (χ0v) is 12.2. The number of carbonyl (C=O) groups excluding carboxylic acids is 2. The van der Waals surface area contributed by atoms with E-state index in [0.29, 0.717) is 23.3 Å². The van der Waals surface area contributed by atoms with Crippen molar-refractivity contribution in [3.8, 4) is 0 Å². The molecule has 0 radical (unpaired) electrons. The van der Waals surface area contributed by atoms with Crippen molar-refractivity contribution in [2.75, 3.05) is 20.2 Å². The van der Waals surface area contributed by atoms with E-state index in [1.54, 1.807) is 0 Å². The molecule has 0 spiro atoms. The SMILES string of the molecule is COC(=O)c1cncc(C2CCN(C(=O)C3CC3)CC2)c1. The number of esters is 1. The molecule has 3 rings (SSSR count). The number of piperidine rings is 1. The number of methoxy groups -OCH3 is 1. The Kier molecular flexibility index (Phi) is 3.90. The number of amides is 1. The monoisotopic (exact) mass is 288 g/mol. The second-order valence-electron chi connectivity index (χ2n) is 5.87. The number of pyridine rings is 1. The number of likely N-dealkylation sites (tertiary alicyclic amines) is 1. The van der Waals surface area contributed by atoms with Gasteiger partial charge in [-0.1, -0.05) is 0 Å². The van der Waals surface area contributed by atoms with Gasteiger partial charge >= 0.3 is 5.97 Å². The molecule has 1 aliphatic heterocycles. The molecule has 1 saturated carbocycles. The lowest BCUT2D eigenvalue weighted by Crippen LogP contribution is -2.38. The van der Waals surface area contributed by atoms with Gasteiger partial charge in [-0.3, -0.25) is 9.78 Å². The van der Waals surface area contributed by atoms with Gasteiger partial charge in [0.15, 0.2) is 0 Å². The van der Waals surface area contributed by atoms with Crippen LogP contribution in [0, 0.1) is 5.92 Å². The Morgan fingerprint density at radius 3 is 2.52 bits per heavy atom. The molecule has 112 valence electrons. The molecule has 1 aliphatic carbocycles. The molecular formula is C16H20N2O3. The van der Waals surface area contributed by atoms with Crippen LogP contribution in [0.25, 0.3) is 0 Å². The van der Waals surface area contributed by atoms with E-state index in [4.69, 9.17) is 4.74 Å². The summed E-state index contributed by atoms with van der Waals surface area (Å²) >= 11 is 0. The molecule has 1 saturated heterocycles. The summed E-state index contributed by atoms with van der Waals surface area (Å²) < 4.78 is 4.73. The van der Waals surface area contributed by atoms with Gasteiger partial charge in [0.05, 0.1) is 12.7 Å². The fraction of sp³-hybridized carbons (Fsp3) is 0.562. The average molecular weight is 288 g/mol. The predicted octanol–water partition coefficient (Wildman–Crippen LogP) is 1.98. The second-order valence-corrected chi connectivity index (χ2v) is 5.87. The molecule has 1 aromatic rings. The number of hydrogen-bond acceptors (Lipinski definition) is 4. The maximum atomic E-state index is 12.0. The van der Waals surface area contributed by atoms with E-state index in [-0.39, 0.29) is 5.97 Å². The van der Waals surface area contributed by atoms with E-state index in [0.717, 1.165) is 44.3 Å². The van der Waals surface area contributed by atoms with Gasteiger partial charge in [-0.15, -0.1) is 0 Å². The Labute approximate surface area is 124 Å². The summed E-state index contributed by atoms with van der Waals surface area (Å²) in [6.45, 7) is 1.62. The fourth-order valence-corrected chi connectivity index (χ4v) is 2.93. The zero-order chi connectivity index (χ0) is 14.8. The molecule has 0 N–H and O–H groups in total. The first-order valence-electron chi connectivity index (χ1n) is 7.51. The van der Waals surface area contributed by atoms with Crippen LogP contribution in [0.2, 0.25) is 0 Å². The topological polar surface area (TPSA) is 59.5 Å². The average Bonchev–Trinajstić information content (AvgIpc) is 3.38. The van der Waals surface area contributed by atoms with E-state index in [9.17, 15) is 9.59 Å². The van der Waals surface area contributed by atoms with E-state index < -0.39 is 0 Å². The normalized spacial score (nSPS) is 19.4. The van der Waals surface area contributed by atoms with Crippen molar-refractivity contribution in [3.05, 3.63) is 29.6 Å². The standard InChI is InChI=1S/C16H20N2O3/c1-21-16(20)14-8-13(9-17-10-14)11-4-6-18(7-5-11)15(19)12-2-3-12/h8-12H,2-7H2,1H3. The van der Waals surface area contributed by atoms with Crippen molar-refractivity contribution in [3.63, 3.8) is 0 Å². The third-order valence-corrected chi connectivity index (χ3v) is 4.39. The molecule has 5 nitrogen and oxygen atoms in total. The van der Waals surface area contributed by atoms with E-state index >= 15 is 0 Å². The lowest BCUT2D eigenvalue weighted by Gasteiger charge is -2.32. The first-order chi connectivity index (χ1) is 10.2. The molecule has 0 aromatic carbocycles. The highest BCUT2D eigenvalue weighted by atomic mass is 16.5. The molecule has 0 bridgehead atoms. The minimum absolute atomic E-state index is 0.297. The van der Waals surface area contributed by atoms with Gasteiger partial charge < -0.3 is 9.64 Å². The van der Waals surface area contributed by atoms with Crippen LogP contribution in [0.1, 0.15) is 47.5 Å².